The van der Waals surface area contributed by atoms with Gasteiger partial charge in [0.15, 0.2) is 0 Å². The van der Waals surface area contributed by atoms with E-state index in [-0.39, 0.29) is 21.7 Å². The zero-order chi connectivity index (χ0) is 27.6. The van der Waals surface area contributed by atoms with Crippen molar-refractivity contribution >= 4 is 8.38 Å². The Bertz CT molecular complexity index is 1170. The van der Waals surface area contributed by atoms with Gasteiger partial charge in [0.25, 0.3) is 0 Å². The Balaban J connectivity index is 2.07. The van der Waals surface area contributed by atoms with E-state index in [1.165, 1.54) is 33.4 Å². The molecule has 2 aliphatic rings. The predicted octanol–water partition coefficient (Wildman–Crippen LogP) is 10.4. The summed E-state index contributed by atoms with van der Waals surface area (Å²) in [5.74, 6) is 2.02. The Hall–Kier alpha value is -2.05. The minimum Gasteiger partial charge on any atom is -0.435 e. The van der Waals surface area contributed by atoms with Gasteiger partial charge in [0.05, 0.1) is 5.31 Å². The van der Waals surface area contributed by atoms with E-state index in [0.29, 0.717) is 0 Å². The number of fused-ring (bicyclic) bond motifs is 2. The summed E-state index contributed by atoms with van der Waals surface area (Å²) in [4.78, 5) is 0. The molecule has 0 aromatic heterocycles. The highest BCUT2D eigenvalue weighted by Gasteiger charge is 2.35. The fourth-order valence-electron chi connectivity index (χ4n) is 4.91. The van der Waals surface area contributed by atoms with Gasteiger partial charge in [-0.05, 0) is 50.3 Å². The molecule has 0 N–H and O–H groups in total. The summed E-state index contributed by atoms with van der Waals surface area (Å²) in [5, 5.41) is 1.16. The number of benzene rings is 2. The monoisotopic (exact) mass is 518 g/mol. The lowest BCUT2D eigenvalue weighted by Crippen LogP contribution is -2.22. The van der Waals surface area contributed by atoms with Crippen LogP contribution in [0.15, 0.2) is 47.8 Å². The largest absolute Gasteiger partial charge is 0.435 e. The second kappa shape index (κ2) is 9.30. The molecule has 0 atom stereocenters. The van der Waals surface area contributed by atoms with Crippen LogP contribution in [-0.2, 0) is 28.1 Å². The average Bonchev–Trinajstić information content (AvgIpc) is 3.24. The maximum Gasteiger partial charge on any atom is 0.325 e. The van der Waals surface area contributed by atoms with E-state index in [4.69, 9.17) is 9.05 Å². The predicted molar refractivity (Wildman–Crippen MR) is 161 cm³/mol. The molecule has 200 valence electrons. The van der Waals surface area contributed by atoms with Gasteiger partial charge in [-0.1, -0.05) is 126 Å². The van der Waals surface area contributed by atoms with Crippen LogP contribution in [0.2, 0.25) is 0 Å². The SMILES string of the molecule is CC(C)(C)c1cc2c(c(C(C)(C)C)c1)OP(C1=CCC=C1)Oc1c(cc(C(C)(C)C)cc1C(C)(C)C)C2. The minimum atomic E-state index is -1.32. The van der Waals surface area contributed by atoms with Crippen molar-refractivity contribution in [2.45, 2.75) is 118 Å². The molecule has 2 nitrogen and oxygen atoms in total. The molecule has 1 aliphatic heterocycles. The van der Waals surface area contributed by atoms with Crippen molar-refractivity contribution in [3.05, 3.63) is 81.2 Å². The number of allylic oxidation sites excluding steroid dienone is 4. The third-order valence-electron chi connectivity index (χ3n) is 7.37. The molecule has 2 aromatic carbocycles. The highest BCUT2D eigenvalue weighted by molar-refractivity contribution is 7.53. The highest BCUT2D eigenvalue weighted by atomic mass is 31.2. The topological polar surface area (TPSA) is 18.5 Å². The van der Waals surface area contributed by atoms with Gasteiger partial charge in [0.1, 0.15) is 11.5 Å². The number of hydrogen-bond donors (Lipinski definition) is 0. The van der Waals surface area contributed by atoms with Crippen molar-refractivity contribution < 1.29 is 9.05 Å². The van der Waals surface area contributed by atoms with E-state index in [1.807, 2.05) is 0 Å². The van der Waals surface area contributed by atoms with Crippen LogP contribution in [0.3, 0.4) is 0 Å². The fourth-order valence-corrected chi connectivity index (χ4v) is 6.40. The van der Waals surface area contributed by atoms with Crippen LogP contribution in [-0.4, -0.2) is 0 Å². The molecule has 0 saturated carbocycles. The lowest BCUT2D eigenvalue weighted by molar-refractivity contribution is 0.452. The molecule has 0 bridgehead atoms. The molecule has 0 saturated heterocycles. The summed E-state index contributed by atoms with van der Waals surface area (Å²) in [6.07, 6.45) is 8.37. The lowest BCUT2D eigenvalue weighted by Gasteiger charge is -2.35. The molecule has 0 amide bonds. The van der Waals surface area contributed by atoms with E-state index in [0.717, 1.165) is 29.7 Å². The summed E-state index contributed by atoms with van der Waals surface area (Å²) in [6.45, 7) is 27.6. The molecule has 0 radical (unpaired) electrons. The third kappa shape index (κ3) is 5.85. The van der Waals surface area contributed by atoms with E-state index in [9.17, 15) is 0 Å². The van der Waals surface area contributed by atoms with Crippen molar-refractivity contribution in [2.75, 3.05) is 0 Å². The summed E-state index contributed by atoms with van der Waals surface area (Å²) in [7, 11) is -1.32. The van der Waals surface area contributed by atoms with Crippen molar-refractivity contribution in [1.82, 2.24) is 0 Å². The maximum absolute atomic E-state index is 6.99. The normalized spacial score (nSPS) is 16.8. The second-order valence-corrected chi connectivity index (χ2v) is 16.3. The zero-order valence-corrected chi connectivity index (χ0v) is 26.1. The van der Waals surface area contributed by atoms with Crippen LogP contribution < -0.4 is 9.05 Å². The van der Waals surface area contributed by atoms with Gasteiger partial charge < -0.3 is 9.05 Å². The van der Waals surface area contributed by atoms with Crippen molar-refractivity contribution in [1.29, 1.82) is 0 Å². The first-order valence-electron chi connectivity index (χ1n) is 13.7. The molecular formula is C34H47O2P. The number of hydrogen-bond acceptors (Lipinski definition) is 2. The maximum atomic E-state index is 6.99. The fraction of sp³-hybridized carbons (Fsp3) is 0.529. The molecule has 0 fully saturated rings. The average molecular weight is 519 g/mol. The van der Waals surface area contributed by atoms with Crippen LogP contribution in [0.5, 0.6) is 11.5 Å². The Morgan fingerprint density at radius 3 is 1.35 bits per heavy atom. The summed E-state index contributed by atoms with van der Waals surface area (Å²) in [5.41, 5.74) is 7.75. The molecule has 3 heteroatoms. The van der Waals surface area contributed by atoms with Gasteiger partial charge in [0.2, 0.25) is 0 Å². The molecule has 0 unspecified atom stereocenters. The van der Waals surface area contributed by atoms with E-state index < -0.39 is 8.38 Å². The molecule has 4 rings (SSSR count). The van der Waals surface area contributed by atoms with Crippen molar-refractivity contribution in [3.8, 4) is 11.5 Å². The summed E-state index contributed by atoms with van der Waals surface area (Å²) in [6, 6.07) is 9.54. The standard InChI is InChI=1S/C34H47O2P/c1-31(2,3)24-18-22-17-23-19-25(32(4,5)6)21-28(34(10,11)12)30(23)36-37(26-15-13-14-16-26)35-29(22)27(20-24)33(7,8)9/h13,15-16,18-21H,14,17H2,1-12H3. The molecular weight excluding hydrogens is 471 g/mol. The van der Waals surface area contributed by atoms with Crippen LogP contribution in [0.1, 0.15) is 123 Å². The highest BCUT2D eigenvalue weighted by Crippen LogP contribution is 2.56. The van der Waals surface area contributed by atoms with Gasteiger partial charge in [-0.2, -0.15) is 0 Å². The lowest BCUT2D eigenvalue weighted by atomic mass is 9.76. The Kier molecular flexibility index (Phi) is 7.03. The first kappa shape index (κ1) is 28.0. The molecule has 1 heterocycles. The first-order valence-corrected chi connectivity index (χ1v) is 14.9. The molecule has 0 spiro atoms. The summed E-state index contributed by atoms with van der Waals surface area (Å²) < 4.78 is 14.0. The van der Waals surface area contributed by atoms with Gasteiger partial charge in [-0.3, -0.25) is 0 Å². The Morgan fingerprint density at radius 2 is 1.03 bits per heavy atom. The second-order valence-electron chi connectivity index (χ2n) is 14.9. The van der Waals surface area contributed by atoms with E-state index in [1.54, 1.807) is 0 Å². The Morgan fingerprint density at radius 1 is 0.595 bits per heavy atom. The molecule has 2 aromatic rings. The van der Waals surface area contributed by atoms with E-state index in [2.05, 4.69) is 126 Å². The smallest absolute Gasteiger partial charge is 0.325 e. The van der Waals surface area contributed by atoms with Crippen LogP contribution in [0.4, 0.5) is 0 Å². The van der Waals surface area contributed by atoms with Gasteiger partial charge >= 0.3 is 8.38 Å². The third-order valence-corrected chi connectivity index (χ3v) is 8.82. The molecule has 1 aliphatic carbocycles. The minimum absolute atomic E-state index is 0.0437. The van der Waals surface area contributed by atoms with Crippen LogP contribution >= 0.6 is 8.38 Å². The van der Waals surface area contributed by atoms with E-state index >= 15 is 0 Å². The van der Waals surface area contributed by atoms with Crippen LogP contribution in [0.25, 0.3) is 0 Å². The van der Waals surface area contributed by atoms with Crippen LogP contribution in [0, 0.1) is 0 Å². The summed E-state index contributed by atoms with van der Waals surface area (Å²) >= 11 is 0. The zero-order valence-electron chi connectivity index (χ0n) is 25.2. The quantitative estimate of drug-likeness (QED) is 0.350. The first-order chi connectivity index (χ1) is 16.9. The van der Waals surface area contributed by atoms with Gasteiger partial charge in [-0.25, -0.2) is 0 Å². The van der Waals surface area contributed by atoms with Crippen molar-refractivity contribution in [2.24, 2.45) is 0 Å². The molecule has 37 heavy (non-hydrogen) atoms. The van der Waals surface area contributed by atoms with Gasteiger partial charge in [0, 0.05) is 17.5 Å². The van der Waals surface area contributed by atoms with Gasteiger partial charge in [-0.15, -0.1) is 0 Å². The van der Waals surface area contributed by atoms with Crippen molar-refractivity contribution in [3.63, 3.8) is 0 Å². The number of rotatable bonds is 1. The Labute approximate surface area is 227 Å².